The molecule has 5 aromatic rings. The SMILES string of the molecule is CCC(=O)N(Cc1ccc(OC(F)(F)C(C)C)c(Cl)c1)c1cccc(-c2nn[nH]n2)c1.CCCCC(=O)N(Cc1ccc(OC)cc1)c1cc(C)cc(/C(=N/N)NN)c1. The van der Waals surface area contributed by atoms with Gasteiger partial charge in [0, 0.05) is 35.3 Å². The Kier molecular flexibility index (Phi) is 16.7. The maximum Gasteiger partial charge on any atom is 0.400 e. The number of rotatable bonds is 16. The maximum absolute atomic E-state index is 13.9. The van der Waals surface area contributed by atoms with Crippen molar-refractivity contribution in [3.63, 3.8) is 0 Å². The number of H-pyrrole nitrogens is 1. The van der Waals surface area contributed by atoms with Gasteiger partial charge in [0.2, 0.25) is 17.6 Å². The van der Waals surface area contributed by atoms with E-state index in [0.717, 1.165) is 41.0 Å². The number of tetrazole rings is 1. The number of nitrogens with zero attached hydrogens (tertiary/aromatic N) is 6. The number of benzene rings is 4. The molecule has 314 valence electrons. The van der Waals surface area contributed by atoms with Crippen molar-refractivity contribution < 1.29 is 27.8 Å². The minimum atomic E-state index is -3.34. The molecular formula is C42H51ClF2N10O4. The lowest BCUT2D eigenvalue weighted by Gasteiger charge is -2.24. The molecule has 0 fully saturated rings. The molecule has 0 aliphatic heterocycles. The first-order valence-electron chi connectivity index (χ1n) is 19.0. The molecule has 1 heterocycles. The smallest absolute Gasteiger partial charge is 0.400 e. The average Bonchev–Trinajstić information content (AvgIpc) is 3.78. The quantitative estimate of drug-likeness (QED) is 0.0329. The van der Waals surface area contributed by atoms with E-state index in [-0.39, 0.29) is 35.6 Å². The second-order valence-electron chi connectivity index (χ2n) is 13.8. The third-order valence-electron chi connectivity index (χ3n) is 9.08. The molecule has 1 aromatic heterocycles. The Morgan fingerprint density at radius 3 is 2.24 bits per heavy atom. The van der Waals surface area contributed by atoms with Crippen molar-refractivity contribution in [1.29, 1.82) is 0 Å². The normalized spacial score (nSPS) is 11.4. The van der Waals surface area contributed by atoms with Crippen LogP contribution < -0.4 is 36.4 Å². The number of amides is 2. The number of aryl methyl sites for hydroxylation is 1. The fourth-order valence-corrected chi connectivity index (χ4v) is 5.98. The van der Waals surface area contributed by atoms with Crippen molar-refractivity contribution in [2.45, 2.75) is 79.5 Å². The molecule has 0 spiro atoms. The fourth-order valence-electron chi connectivity index (χ4n) is 5.73. The summed E-state index contributed by atoms with van der Waals surface area (Å²) in [6.07, 6.45) is -0.769. The largest absolute Gasteiger partial charge is 0.497 e. The highest BCUT2D eigenvalue weighted by Gasteiger charge is 2.36. The predicted molar refractivity (Wildman–Crippen MR) is 226 cm³/mol. The minimum Gasteiger partial charge on any atom is -0.497 e. The molecule has 0 aliphatic carbocycles. The predicted octanol–water partition coefficient (Wildman–Crippen LogP) is 7.90. The van der Waals surface area contributed by atoms with Gasteiger partial charge >= 0.3 is 6.11 Å². The Balaban J connectivity index is 0.000000262. The Hall–Kier alpha value is -6.13. The molecule has 14 nitrogen and oxygen atoms in total. The van der Waals surface area contributed by atoms with Crippen LogP contribution in [0.5, 0.6) is 11.5 Å². The van der Waals surface area contributed by atoms with Gasteiger partial charge in [-0.25, -0.2) is 5.84 Å². The van der Waals surface area contributed by atoms with E-state index in [0.29, 0.717) is 41.4 Å². The number of aromatic nitrogens is 4. The summed E-state index contributed by atoms with van der Waals surface area (Å²) in [6, 6.07) is 25.1. The number of carbonyl (C=O) groups excluding carboxylic acids is 2. The molecule has 6 N–H and O–H groups in total. The number of alkyl halides is 2. The summed E-state index contributed by atoms with van der Waals surface area (Å²) >= 11 is 6.19. The molecule has 0 saturated heterocycles. The average molecular weight is 833 g/mol. The number of aromatic amines is 1. The number of hydrazone groups is 1. The van der Waals surface area contributed by atoms with Crippen LogP contribution in [0.2, 0.25) is 5.02 Å². The van der Waals surface area contributed by atoms with Gasteiger partial charge < -0.3 is 30.5 Å². The molecule has 0 unspecified atom stereocenters. The van der Waals surface area contributed by atoms with Gasteiger partial charge in [-0.1, -0.05) is 76.0 Å². The van der Waals surface area contributed by atoms with Gasteiger partial charge in [-0.3, -0.25) is 9.59 Å². The summed E-state index contributed by atoms with van der Waals surface area (Å²) < 4.78 is 37.8. The first-order chi connectivity index (χ1) is 28.2. The lowest BCUT2D eigenvalue weighted by atomic mass is 10.1. The monoisotopic (exact) mass is 832 g/mol. The van der Waals surface area contributed by atoms with Gasteiger partial charge in [-0.15, -0.1) is 10.2 Å². The van der Waals surface area contributed by atoms with E-state index in [4.69, 9.17) is 32.8 Å². The molecule has 4 aromatic carbocycles. The van der Waals surface area contributed by atoms with E-state index >= 15 is 0 Å². The number of unbranched alkanes of at least 4 members (excludes halogenated alkanes) is 1. The summed E-state index contributed by atoms with van der Waals surface area (Å²) in [5.74, 6) is 11.3. The van der Waals surface area contributed by atoms with Crippen LogP contribution in [-0.4, -0.2) is 51.5 Å². The highest BCUT2D eigenvalue weighted by molar-refractivity contribution is 6.32. The highest BCUT2D eigenvalue weighted by atomic mass is 35.5. The number of carbonyl (C=O) groups is 2. The summed E-state index contributed by atoms with van der Waals surface area (Å²) in [6.45, 7) is 9.17. The summed E-state index contributed by atoms with van der Waals surface area (Å²) in [5.41, 5.74) is 7.98. The van der Waals surface area contributed by atoms with Crippen molar-refractivity contribution in [1.82, 2.24) is 26.0 Å². The third-order valence-corrected chi connectivity index (χ3v) is 9.37. The summed E-state index contributed by atoms with van der Waals surface area (Å²) in [5, 5.41) is 17.6. The van der Waals surface area contributed by atoms with Crippen LogP contribution in [0.15, 0.2) is 90.0 Å². The van der Waals surface area contributed by atoms with Crippen LogP contribution in [0, 0.1) is 12.8 Å². The second-order valence-corrected chi connectivity index (χ2v) is 14.2. The number of nitrogens with one attached hydrogen (secondary N) is 2. The minimum absolute atomic E-state index is 0.0438. The zero-order valence-electron chi connectivity index (χ0n) is 34.0. The van der Waals surface area contributed by atoms with Crippen molar-refractivity contribution in [3.8, 4) is 22.9 Å². The molecule has 0 bridgehead atoms. The van der Waals surface area contributed by atoms with E-state index in [1.807, 2.05) is 49.4 Å². The van der Waals surface area contributed by atoms with Crippen molar-refractivity contribution in [2.75, 3.05) is 16.9 Å². The van der Waals surface area contributed by atoms with Gasteiger partial charge in [-0.2, -0.15) is 19.1 Å². The van der Waals surface area contributed by atoms with Gasteiger partial charge in [0.05, 0.1) is 31.1 Å². The van der Waals surface area contributed by atoms with E-state index < -0.39 is 12.0 Å². The molecular weight excluding hydrogens is 782 g/mol. The van der Waals surface area contributed by atoms with E-state index in [2.05, 4.69) is 38.1 Å². The van der Waals surface area contributed by atoms with Gasteiger partial charge in [0.1, 0.15) is 11.5 Å². The van der Waals surface area contributed by atoms with Crippen LogP contribution in [0.3, 0.4) is 0 Å². The number of hydrazine groups is 1. The van der Waals surface area contributed by atoms with Crippen LogP contribution >= 0.6 is 11.6 Å². The van der Waals surface area contributed by atoms with Crippen molar-refractivity contribution in [3.05, 3.63) is 112 Å². The first kappa shape index (κ1) is 45.6. The van der Waals surface area contributed by atoms with Gasteiger partial charge in [-0.05, 0) is 89.8 Å². The first-order valence-corrected chi connectivity index (χ1v) is 19.4. The summed E-state index contributed by atoms with van der Waals surface area (Å²) in [4.78, 5) is 29.0. The zero-order valence-corrected chi connectivity index (χ0v) is 34.8. The number of hydrogen-bond acceptors (Lipinski definition) is 10. The van der Waals surface area contributed by atoms with Crippen LogP contribution in [-0.2, 0) is 22.7 Å². The molecule has 5 rings (SSSR count). The van der Waals surface area contributed by atoms with Crippen LogP contribution in [0.25, 0.3) is 11.4 Å². The highest BCUT2D eigenvalue weighted by Crippen LogP contribution is 2.34. The molecule has 0 atom stereocenters. The number of methoxy groups -OCH3 is 1. The molecule has 0 aliphatic rings. The van der Waals surface area contributed by atoms with Crippen molar-refractivity contribution in [2.24, 2.45) is 22.7 Å². The van der Waals surface area contributed by atoms with Gasteiger partial charge in [0.15, 0.2) is 5.84 Å². The molecule has 2 amide bonds. The third kappa shape index (κ3) is 12.7. The lowest BCUT2D eigenvalue weighted by molar-refractivity contribution is -0.207. The Morgan fingerprint density at radius 2 is 1.64 bits per heavy atom. The second kappa shape index (κ2) is 21.6. The van der Waals surface area contributed by atoms with Crippen LogP contribution in [0.1, 0.15) is 75.6 Å². The Labute approximate surface area is 347 Å². The standard InChI is InChI=1S/C21H22ClF2N5O2.C21H29N5O2/c1-4-19(30)29(16-7-5-6-15(11-16)20-25-27-28-26-20)12-14-8-9-18(17(22)10-14)31-21(23,24)13(2)3;1-4-5-6-20(27)26(14-16-7-9-19(28-3)10-8-16)18-12-15(2)11-17(13-18)21(24-22)25-23/h5-11,13H,4,12H2,1-3H3,(H,25,26,27,28);7-13H,4-6,14,22-23H2,1-3H3,(H,24,25). The molecule has 0 radical (unpaired) electrons. The van der Waals surface area contributed by atoms with E-state index in [1.165, 1.54) is 26.0 Å². The number of ether oxygens (including phenoxy) is 2. The Morgan fingerprint density at radius 1 is 0.949 bits per heavy atom. The number of amidine groups is 1. The number of anilines is 2. The number of nitrogens with two attached hydrogens (primary N) is 2. The molecule has 59 heavy (non-hydrogen) atoms. The fraction of sp³-hybridized carbons (Fsp3) is 0.333. The van der Waals surface area contributed by atoms with Gasteiger partial charge in [0.25, 0.3) is 0 Å². The van der Waals surface area contributed by atoms with Crippen molar-refractivity contribution >= 4 is 40.6 Å². The van der Waals surface area contributed by atoms with E-state index in [1.54, 1.807) is 54.2 Å². The molecule has 17 heteroatoms. The summed E-state index contributed by atoms with van der Waals surface area (Å²) in [7, 11) is 1.63. The zero-order chi connectivity index (χ0) is 43.1. The maximum atomic E-state index is 13.9. The Bertz CT molecular complexity index is 2170. The lowest BCUT2D eigenvalue weighted by Crippen LogP contribution is -2.33. The number of halogens is 3. The van der Waals surface area contributed by atoms with Crippen LogP contribution in [0.4, 0.5) is 20.2 Å². The molecule has 0 saturated carbocycles. The number of hydrogen-bond donors (Lipinski definition) is 4. The van der Waals surface area contributed by atoms with E-state index in [9.17, 15) is 18.4 Å². The topological polar surface area (TPSA) is 190 Å².